The zero-order valence-corrected chi connectivity index (χ0v) is 16.6. The van der Waals surface area contributed by atoms with Crippen LogP contribution in [0.2, 0.25) is 0 Å². The van der Waals surface area contributed by atoms with Gasteiger partial charge in [0, 0.05) is 12.1 Å². The third-order valence-corrected chi connectivity index (χ3v) is 4.34. The van der Waals surface area contributed by atoms with Gasteiger partial charge in [-0.15, -0.1) is 0 Å². The summed E-state index contributed by atoms with van der Waals surface area (Å²) in [5.74, 6) is -0.555. The summed E-state index contributed by atoms with van der Waals surface area (Å²) in [7, 11) is 0. The lowest BCUT2D eigenvalue weighted by Crippen LogP contribution is -2.48. The monoisotopic (exact) mass is 376 g/mol. The highest BCUT2D eigenvalue weighted by Crippen LogP contribution is 2.30. The molecule has 2 amide bonds. The highest BCUT2D eigenvalue weighted by molar-refractivity contribution is 5.99. The van der Waals surface area contributed by atoms with Crippen LogP contribution in [0.5, 0.6) is 5.75 Å². The molecular formula is C20H28N2O5. The first-order valence-corrected chi connectivity index (χ1v) is 9.26. The van der Waals surface area contributed by atoms with Crippen LogP contribution < -0.4 is 9.64 Å². The SMILES string of the molecule is CC(C)N(C(=O)[C@H](C)OC(=O)CN1C(=O)CCOc2ccccc21)C(C)C. The van der Waals surface area contributed by atoms with Crippen LogP contribution in [0, 0.1) is 0 Å². The molecule has 1 heterocycles. The molecule has 0 bridgehead atoms. The van der Waals surface area contributed by atoms with Crippen LogP contribution in [0.15, 0.2) is 24.3 Å². The standard InChI is InChI=1S/C20H28N2O5/c1-13(2)22(14(3)4)20(25)15(5)27-19(24)12-21-16-8-6-7-9-17(16)26-11-10-18(21)23/h6-9,13-15H,10-12H2,1-5H3/t15-/m0/s1. The second kappa shape index (κ2) is 8.88. The molecule has 0 saturated heterocycles. The molecule has 0 unspecified atom stereocenters. The summed E-state index contributed by atoms with van der Waals surface area (Å²) in [5, 5.41) is 0. The zero-order chi connectivity index (χ0) is 20.1. The van der Waals surface area contributed by atoms with Gasteiger partial charge in [0.2, 0.25) is 5.91 Å². The Morgan fingerprint density at radius 2 is 1.78 bits per heavy atom. The molecule has 7 nitrogen and oxygen atoms in total. The van der Waals surface area contributed by atoms with Crippen molar-refractivity contribution in [3.05, 3.63) is 24.3 Å². The number of hydrogen-bond acceptors (Lipinski definition) is 5. The number of esters is 1. The van der Waals surface area contributed by atoms with E-state index in [1.54, 1.807) is 36.1 Å². The molecule has 1 aromatic rings. The summed E-state index contributed by atoms with van der Waals surface area (Å²) in [6.45, 7) is 9.21. The van der Waals surface area contributed by atoms with Crippen molar-refractivity contribution in [2.45, 2.75) is 59.2 Å². The molecule has 148 valence electrons. The van der Waals surface area contributed by atoms with Crippen molar-refractivity contribution < 1.29 is 23.9 Å². The summed E-state index contributed by atoms with van der Waals surface area (Å²) in [6, 6.07) is 7.04. The average molecular weight is 376 g/mol. The minimum atomic E-state index is -0.920. The number of ether oxygens (including phenoxy) is 2. The van der Waals surface area contributed by atoms with Gasteiger partial charge < -0.3 is 14.4 Å². The van der Waals surface area contributed by atoms with Crippen molar-refractivity contribution in [3.8, 4) is 5.75 Å². The number of nitrogens with zero attached hydrogens (tertiary/aromatic N) is 2. The van der Waals surface area contributed by atoms with E-state index in [-0.39, 0.29) is 43.5 Å². The van der Waals surface area contributed by atoms with Crippen LogP contribution in [0.25, 0.3) is 0 Å². The lowest BCUT2D eigenvalue weighted by molar-refractivity contribution is -0.160. The summed E-state index contributed by atoms with van der Waals surface area (Å²) in [4.78, 5) is 40.5. The first-order chi connectivity index (χ1) is 12.7. The van der Waals surface area contributed by atoms with Crippen molar-refractivity contribution in [1.82, 2.24) is 4.90 Å². The van der Waals surface area contributed by atoms with E-state index in [0.29, 0.717) is 11.4 Å². The van der Waals surface area contributed by atoms with Gasteiger partial charge in [0.05, 0.1) is 18.7 Å². The van der Waals surface area contributed by atoms with Crippen LogP contribution in [-0.2, 0) is 19.1 Å². The Bertz CT molecular complexity index is 693. The van der Waals surface area contributed by atoms with E-state index in [0.717, 1.165) is 0 Å². The van der Waals surface area contributed by atoms with E-state index in [1.165, 1.54) is 4.90 Å². The molecule has 1 atom stereocenters. The van der Waals surface area contributed by atoms with Gasteiger partial charge in [0.25, 0.3) is 5.91 Å². The van der Waals surface area contributed by atoms with E-state index < -0.39 is 12.1 Å². The number of fused-ring (bicyclic) bond motifs is 1. The maximum Gasteiger partial charge on any atom is 0.326 e. The van der Waals surface area contributed by atoms with Gasteiger partial charge in [-0.1, -0.05) is 12.1 Å². The second-order valence-electron chi connectivity index (χ2n) is 7.11. The van der Waals surface area contributed by atoms with Gasteiger partial charge in [0.1, 0.15) is 12.3 Å². The molecule has 7 heteroatoms. The molecule has 1 aliphatic heterocycles. The van der Waals surface area contributed by atoms with Gasteiger partial charge >= 0.3 is 5.97 Å². The highest BCUT2D eigenvalue weighted by atomic mass is 16.5. The largest absolute Gasteiger partial charge is 0.491 e. The van der Waals surface area contributed by atoms with E-state index in [4.69, 9.17) is 9.47 Å². The van der Waals surface area contributed by atoms with E-state index in [1.807, 2.05) is 27.7 Å². The van der Waals surface area contributed by atoms with Gasteiger partial charge in [-0.3, -0.25) is 19.3 Å². The number of anilines is 1. The van der Waals surface area contributed by atoms with Crippen LogP contribution in [0.4, 0.5) is 5.69 Å². The lowest BCUT2D eigenvalue weighted by atomic mass is 10.2. The maximum absolute atomic E-state index is 12.6. The van der Waals surface area contributed by atoms with Crippen molar-refractivity contribution >= 4 is 23.5 Å². The smallest absolute Gasteiger partial charge is 0.326 e. The number of hydrogen-bond donors (Lipinski definition) is 0. The fourth-order valence-electron chi connectivity index (χ4n) is 3.22. The summed E-state index contributed by atoms with van der Waals surface area (Å²) in [6.07, 6.45) is -0.749. The summed E-state index contributed by atoms with van der Waals surface area (Å²) in [5.41, 5.74) is 0.530. The molecule has 2 rings (SSSR count). The van der Waals surface area contributed by atoms with E-state index in [2.05, 4.69) is 0 Å². The van der Waals surface area contributed by atoms with Crippen molar-refractivity contribution in [2.24, 2.45) is 0 Å². The molecule has 0 radical (unpaired) electrons. The number of amides is 2. The first-order valence-electron chi connectivity index (χ1n) is 9.26. The number of rotatable bonds is 6. The summed E-state index contributed by atoms with van der Waals surface area (Å²) < 4.78 is 10.9. The minimum absolute atomic E-state index is 0.00476. The van der Waals surface area contributed by atoms with Crippen LogP contribution >= 0.6 is 0 Å². The minimum Gasteiger partial charge on any atom is -0.491 e. The Hall–Kier alpha value is -2.57. The Labute approximate surface area is 160 Å². The molecule has 0 aliphatic carbocycles. The number of carbonyl (C=O) groups is 3. The van der Waals surface area contributed by atoms with E-state index >= 15 is 0 Å². The van der Waals surface area contributed by atoms with Crippen LogP contribution in [0.3, 0.4) is 0 Å². The topological polar surface area (TPSA) is 76.2 Å². The molecule has 1 aliphatic rings. The quantitative estimate of drug-likeness (QED) is 0.713. The number of benzene rings is 1. The third kappa shape index (κ3) is 4.99. The summed E-state index contributed by atoms with van der Waals surface area (Å²) >= 11 is 0. The molecule has 0 saturated carbocycles. The molecule has 0 fully saturated rings. The van der Waals surface area contributed by atoms with Crippen molar-refractivity contribution in [1.29, 1.82) is 0 Å². The fraction of sp³-hybridized carbons (Fsp3) is 0.550. The number of para-hydroxylation sites is 2. The zero-order valence-electron chi connectivity index (χ0n) is 16.6. The second-order valence-corrected chi connectivity index (χ2v) is 7.11. The first kappa shape index (κ1) is 20.7. The predicted molar refractivity (Wildman–Crippen MR) is 102 cm³/mol. The highest BCUT2D eigenvalue weighted by Gasteiger charge is 2.30. The molecule has 27 heavy (non-hydrogen) atoms. The van der Waals surface area contributed by atoms with Gasteiger partial charge in [-0.05, 0) is 46.8 Å². The van der Waals surface area contributed by atoms with Gasteiger partial charge in [-0.25, -0.2) is 0 Å². The predicted octanol–water partition coefficient (Wildman–Crippen LogP) is 2.38. The normalized spacial score (nSPS) is 15.1. The number of carbonyl (C=O) groups excluding carboxylic acids is 3. The molecule has 1 aromatic carbocycles. The molecule has 0 N–H and O–H groups in total. The molecule has 0 aromatic heterocycles. The maximum atomic E-state index is 12.6. The third-order valence-electron chi connectivity index (χ3n) is 4.34. The van der Waals surface area contributed by atoms with Crippen molar-refractivity contribution in [3.63, 3.8) is 0 Å². The van der Waals surface area contributed by atoms with Crippen LogP contribution in [-0.4, -0.2) is 54.0 Å². The molecule has 0 spiro atoms. The fourth-order valence-corrected chi connectivity index (χ4v) is 3.22. The molecular weight excluding hydrogens is 348 g/mol. The average Bonchev–Trinajstić information content (AvgIpc) is 2.73. The van der Waals surface area contributed by atoms with Gasteiger partial charge in [-0.2, -0.15) is 0 Å². The van der Waals surface area contributed by atoms with E-state index in [9.17, 15) is 14.4 Å². The Morgan fingerprint density at radius 3 is 2.41 bits per heavy atom. The van der Waals surface area contributed by atoms with Crippen molar-refractivity contribution in [2.75, 3.05) is 18.1 Å². The Balaban J connectivity index is 2.08. The van der Waals surface area contributed by atoms with Crippen LogP contribution in [0.1, 0.15) is 41.0 Å². The lowest BCUT2D eigenvalue weighted by Gasteiger charge is -2.33. The van der Waals surface area contributed by atoms with Gasteiger partial charge in [0.15, 0.2) is 6.10 Å². The Kier molecular flexibility index (Phi) is 6.82. The Morgan fingerprint density at radius 1 is 1.15 bits per heavy atom.